The summed E-state index contributed by atoms with van der Waals surface area (Å²) >= 11 is 0. The second kappa shape index (κ2) is 9.34. The summed E-state index contributed by atoms with van der Waals surface area (Å²) in [6, 6.07) is 14.2. The molecule has 1 atom stereocenters. The van der Waals surface area contributed by atoms with Gasteiger partial charge in [-0.2, -0.15) is 0 Å². The quantitative estimate of drug-likeness (QED) is 0.718. The van der Waals surface area contributed by atoms with Gasteiger partial charge in [0, 0.05) is 19.6 Å². The predicted molar refractivity (Wildman–Crippen MR) is 102 cm³/mol. The van der Waals surface area contributed by atoms with Crippen LogP contribution in [0.4, 0.5) is 4.39 Å². The monoisotopic (exact) mass is 358 g/mol. The zero-order valence-electron chi connectivity index (χ0n) is 15.9. The molecule has 0 radical (unpaired) electrons. The highest BCUT2D eigenvalue weighted by molar-refractivity contribution is 5.78. The smallest absolute Gasteiger partial charge is 0.236 e. The first-order valence-electron chi connectivity index (χ1n) is 8.82. The molecule has 0 heterocycles. The highest BCUT2D eigenvalue weighted by atomic mass is 19.1. The van der Waals surface area contributed by atoms with Gasteiger partial charge in [0.15, 0.2) is 0 Å². The van der Waals surface area contributed by atoms with E-state index < -0.39 is 0 Å². The molecule has 0 aliphatic carbocycles. The van der Waals surface area contributed by atoms with Crippen molar-refractivity contribution in [2.75, 3.05) is 27.2 Å². The lowest BCUT2D eigenvalue weighted by Crippen LogP contribution is -2.37. The summed E-state index contributed by atoms with van der Waals surface area (Å²) in [7, 11) is 3.70. The Morgan fingerprint density at radius 2 is 1.69 bits per heavy atom. The molecule has 0 saturated carbocycles. The van der Waals surface area contributed by atoms with Gasteiger partial charge in [0.2, 0.25) is 5.91 Å². The molecule has 0 spiro atoms. The lowest BCUT2D eigenvalue weighted by atomic mass is 10.1. The molecule has 26 heavy (non-hydrogen) atoms. The van der Waals surface area contributed by atoms with Crippen LogP contribution < -0.4 is 4.74 Å². The number of ether oxygens (including phenoxy) is 1. The molecule has 2 aromatic rings. The first-order chi connectivity index (χ1) is 12.4. The Kier molecular flexibility index (Phi) is 7.16. The van der Waals surface area contributed by atoms with Crippen LogP contribution in [0.3, 0.4) is 0 Å². The highest BCUT2D eigenvalue weighted by Crippen LogP contribution is 2.19. The van der Waals surface area contributed by atoms with Crippen LogP contribution in [-0.4, -0.2) is 43.0 Å². The van der Waals surface area contributed by atoms with E-state index in [1.807, 2.05) is 50.1 Å². The lowest BCUT2D eigenvalue weighted by Gasteiger charge is -2.27. The molecule has 0 aromatic heterocycles. The molecule has 140 valence electrons. The first-order valence-corrected chi connectivity index (χ1v) is 8.82. The third kappa shape index (κ3) is 5.56. The second-order valence-electron chi connectivity index (χ2n) is 6.47. The van der Waals surface area contributed by atoms with Crippen LogP contribution in [0.2, 0.25) is 0 Å². The molecule has 2 rings (SSSR count). The van der Waals surface area contributed by atoms with E-state index in [9.17, 15) is 9.18 Å². The van der Waals surface area contributed by atoms with Crippen LogP contribution in [0, 0.1) is 5.82 Å². The molecule has 5 heteroatoms. The minimum absolute atomic E-state index is 0.0263. The summed E-state index contributed by atoms with van der Waals surface area (Å²) in [4.78, 5) is 16.2. The maximum absolute atomic E-state index is 13.1. The Morgan fingerprint density at radius 1 is 1.08 bits per heavy atom. The Balaban J connectivity index is 1.89. The number of likely N-dealkylation sites (N-methyl/N-ethyl adjacent to an activating group) is 2. The van der Waals surface area contributed by atoms with Crippen LogP contribution in [0.25, 0.3) is 0 Å². The van der Waals surface area contributed by atoms with Gasteiger partial charge in [-0.3, -0.25) is 9.69 Å². The Morgan fingerprint density at radius 3 is 2.27 bits per heavy atom. The van der Waals surface area contributed by atoms with E-state index in [1.165, 1.54) is 12.1 Å². The number of carbonyl (C=O) groups is 1. The van der Waals surface area contributed by atoms with Crippen molar-refractivity contribution in [3.8, 4) is 5.75 Å². The molecule has 0 saturated heterocycles. The van der Waals surface area contributed by atoms with Gasteiger partial charge >= 0.3 is 0 Å². The third-order valence-electron chi connectivity index (χ3n) is 4.48. The number of hydrogen-bond acceptors (Lipinski definition) is 3. The molecule has 1 unspecified atom stereocenters. The van der Waals surface area contributed by atoms with Gasteiger partial charge in [0.05, 0.1) is 13.2 Å². The number of nitrogens with zero attached hydrogens (tertiary/aromatic N) is 2. The van der Waals surface area contributed by atoms with Gasteiger partial charge in [0.1, 0.15) is 11.6 Å². The van der Waals surface area contributed by atoms with Crippen molar-refractivity contribution in [1.82, 2.24) is 9.80 Å². The number of hydrogen-bond donors (Lipinski definition) is 0. The van der Waals surface area contributed by atoms with Crippen molar-refractivity contribution in [1.29, 1.82) is 0 Å². The molecular formula is C21H27FN2O2. The van der Waals surface area contributed by atoms with Crippen LogP contribution in [0.5, 0.6) is 5.75 Å². The standard InChI is InChI=1S/C21H27FN2O2/c1-5-26-20-12-6-17(7-13-20)14-24(4)21(25)15-23(3)16(2)18-8-10-19(22)11-9-18/h6-13,16H,5,14-15H2,1-4H3. The summed E-state index contributed by atoms with van der Waals surface area (Å²) in [6.45, 7) is 5.43. The Labute approximate surface area is 155 Å². The predicted octanol–water partition coefficient (Wildman–Crippen LogP) is 3.88. The van der Waals surface area contributed by atoms with Crippen LogP contribution >= 0.6 is 0 Å². The normalized spacial score (nSPS) is 12.1. The average Bonchev–Trinajstić information content (AvgIpc) is 2.63. The van der Waals surface area contributed by atoms with Gasteiger partial charge in [-0.15, -0.1) is 0 Å². The fourth-order valence-corrected chi connectivity index (χ4v) is 2.69. The SMILES string of the molecule is CCOc1ccc(CN(C)C(=O)CN(C)C(C)c2ccc(F)cc2)cc1. The van der Waals surface area contributed by atoms with Crippen molar-refractivity contribution >= 4 is 5.91 Å². The molecule has 0 N–H and O–H groups in total. The number of amides is 1. The Hall–Kier alpha value is -2.40. The summed E-state index contributed by atoms with van der Waals surface area (Å²) in [5.74, 6) is 0.614. The fraction of sp³-hybridized carbons (Fsp3) is 0.381. The third-order valence-corrected chi connectivity index (χ3v) is 4.48. The number of benzene rings is 2. The number of rotatable bonds is 8. The van der Waals surface area contributed by atoms with Gasteiger partial charge < -0.3 is 9.64 Å². The maximum Gasteiger partial charge on any atom is 0.236 e. The van der Waals surface area contributed by atoms with Gasteiger partial charge in [-0.25, -0.2) is 4.39 Å². The molecule has 0 aliphatic heterocycles. The summed E-state index contributed by atoms with van der Waals surface area (Å²) in [5, 5.41) is 0. The summed E-state index contributed by atoms with van der Waals surface area (Å²) in [6.07, 6.45) is 0. The topological polar surface area (TPSA) is 32.8 Å². The van der Waals surface area contributed by atoms with E-state index in [0.717, 1.165) is 16.9 Å². The minimum Gasteiger partial charge on any atom is -0.494 e. The van der Waals surface area contributed by atoms with Gasteiger partial charge in [-0.1, -0.05) is 24.3 Å². The lowest BCUT2D eigenvalue weighted by molar-refractivity contribution is -0.131. The molecule has 0 bridgehead atoms. The number of halogens is 1. The molecule has 0 fully saturated rings. The van der Waals surface area contributed by atoms with E-state index in [2.05, 4.69) is 0 Å². The second-order valence-corrected chi connectivity index (χ2v) is 6.47. The van der Waals surface area contributed by atoms with E-state index in [1.54, 1.807) is 24.1 Å². The molecule has 2 aromatic carbocycles. The molecule has 4 nitrogen and oxygen atoms in total. The zero-order chi connectivity index (χ0) is 19.1. The maximum atomic E-state index is 13.1. The largest absolute Gasteiger partial charge is 0.494 e. The van der Waals surface area contributed by atoms with Crippen LogP contribution in [0.15, 0.2) is 48.5 Å². The van der Waals surface area contributed by atoms with E-state index in [4.69, 9.17) is 4.74 Å². The van der Waals surface area contributed by atoms with Crippen molar-refractivity contribution in [3.05, 3.63) is 65.5 Å². The van der Waals surface area contributed by atoms with Crippen molar-refractivity contribution in [3.63, 3.8) is 0 Å². The van der Waals surface area contributed by atoms with E-state index in [-0.39, 0.29) is 17.8 Å². The molecule has 1 amide bonds. The van der Waals surface area contributed by atoms with E-state index in [0.29, 0.717) is 19.7 Å². The van der Waals surface area contributed by atoms with Crippen LogP contribution in [0.1, 0.15) is 31.0 Å². The average molecular weight is 358 g/mol. The molecule has 0 aliphatic rings. The van der Waals surface area contributed by atoms with Crippen molar-refractivity contribution in [2.45, 2.75) is 26.4 Å². The van der Waals surface area contributed by atoms with Crippen molar-refractivity contribution < 1.29 is 13.9 Å². The van der Waals surface area contributed by atoms with Gasteiger partial charge in [-0.05, 0) is 56.3 Å². The minimum atomic E-state index is -0.255. The molecular weight excluding hydrogens is 331 g/mol. The van der Waals surface area contributed by atoms with Crippen molar-refractivity contribution in [2.24, 2.45) is 0 Å². The summed E-state index contributed by atoms with van der Waals surface area (Å²) < 4.78 is 18.5. The van der Waals surface area contributed by atoms with Crippen LogP contribution in [-0.2, 0) is 11.3 Å². The van der Waals surface area contributed by atoms with Gasteiger partial charge in [0.25, 0.3) is 0 Å². The zero-order valence-corrected chi connectivity index (χ0v) is 15.9. The highest BCUT2D eigenvalue weighted by Gasteiger charge is 2.17. The Bertz CT molecular complexity index is 701. The summed E-state index contributed by atoms with van der Waals surface area (Å²) in [5.41, 5.74) is 2.04. The fourth-order valence-electron chi connectivity index (χ4n) is 2.69. The van der Waals surface area contributed by atoms with E-state index >= 15 is 0 Å². The first kappa shape index (κ1) is 19.9. The number of carbonyl (C=O) groups excluding carboxylic acids is 1.